The Hall–Kier alpha value is -1.58. The summed E-state index contributed by atoms with van der Waals surface area (Å²) in [5.74, 6) is -0.297. The summed E-state index contributed by atoms with van der Waals surface area (Å²) in [4.78, 5) is 10.5. The lowest BCUT2D eigenvalue weighted by Crippen LogP contribution is -2.34. The number of benzene rings is 1. The van der Waals surface area contributed by atoms with E-state index >= 15 is 0 Å². The molecule has 1 atom stereocenters. The Bertz CT molecular complexity index is 340. The number of nitrogens with one attached hydrogen (secondary N) is 2. The highest BCUT2D eigenvalue weighted by molar-refractivity contribution is 5.77. The number of rotatable bonds is 1. The number of hydrogen-bond acceptors (Lipinski definition) is 3. The summed E-state index contributed by atoms with van der Waals surface area (Å²) in [5, 5.41) is 5.78. The van der Waals surface area contributed by atoms with Crippen molar-refractivity contribution in [2.45, 2.75) is 6.04 Å². The second kappa shape index (κ2) is 3.05. The van der Waals surface area contributed by atoms with E-state index in [1.165, 1.54) is 6.07 Å². The molecule has 0 radical (unpaired) electrons. The van der Waals surface area contributed by atoms with Crippen molar-refractivity contribution in [2.75, 3.05) is 17.2 Å². The molecule has 13 heavy (non-hydrogen) atoms. The van der Waals surface area contributed by atoms with Crippen LogP contribution in [0.3, 0.4) is 0 Å². The number of para-hydroxylation sites is 1. The zero-order valence-corrected chi connectivity index (χ0v) is 6.88. The average molecular weight is 180 g/mol. The van der Waals surface area contributed by atoms with Crippen LogP contribution in [-0.4, -0.2) is 18.9 Å². The summed E-state index contributed by atoms with van der Waals surface area (Å²) in [6.45, 7) is 0.428. The summed E-state index contributed by atoms with van der Waals surface area (Å²) in [6.07, 6.45) is 0.806. The molecular weight excluding hydrogens is 171 g/mol. The van der Waals surface area contributed by atoms with Gasteiger partial charge in [0.25, 0.3) is 0 Å². The third kappa shape index (κ3) is 1.35. The van der Waals surface area contributed by atoms with Crippen LogP contribution >= 0.6 is 0 Å². The van der Waals surface area contributed by atoms with E-state index in [2.05, 4.69) is 10.6 Å². The largest absolute Gasteiger partial charge is 0.378 e. The molecule has 3 nitrogen and oxygen atoms in total. The Balaban J connectivity index is 2.36. The molecule has 0 amide bonds. The van der Waals surface area contributed by atoms with Crippen molar-refractivity contribution in [3.8, 4) is 0 Å². The van der Waals surface area contributed by atoms with Gasteiger partial charge in [-0.1, -0.05) is 6.07 Å². The lowest BCUT2D eigenvalue weighted by atomic mass is 10.1. The van der Waals surface area contributed by atoms with Crippen LogP contribution < -0.4 is 10.6 Å². The first kappa shape index (κ1) is 8.04. The first-order valence-electron chi connectivity index (χ1n) is 4.05. The van der Waals surface area contributed by atoms with Gasteiger partial charge in [-0.05, 0) is 12.1 Å². The van der Waals surface area contributed by atoms with Crippen molar-refractivity contribution < 1.29 is 9.18 Å². The van der Waals surface area contributed by atoms with E-state index < -0.39 is 0 Å². The lowest BCUT2D eigenvalue weighted by Gasteiger charge is -2.24. The quantitative estimate of drug-likeness (QED) is 0.639. The Morgan fingerprint density at radius 1 is 1.54 bits per heavy atom. The van der Waals surface area contributed by atoms with Crippen LogP contribution in [0.4, 0.5) is 15.8 Å². The van der Waals surface area contributed by atoms with E-state index in [0.717, 1.165) is 6.29 Å². The number of hydrogen-bond donors (Lipinski definition) is 2. The topological polar surface area (TPSA) is 41.1 Å². The van der Waals surface area contributed by atoms with E-state index in [0.29, 0.717) is 17.9 Å². The highest BCUT2D eigenvalue weighted by atomic mass is 19.1. The highest BCUT2D eigenvalue weighted by Crippen LogP contribution is 2.27. The number of fused-ring (bicyclic) bond motifs is 1. The van der Waals surface area contributed by atoms with Crippen molar-refractivity contribution in [2.24, 2.45) is 0 Å². The van der Waals surface area contributed by atoms with Gasteiger partial charge in [-0.3, -0.25) is 0 Å². The third-order valence-corrected chi connectivity index (χ3v) is 2.02. The molecule has 0 fully saturated rings. The van der Waals surface area contributed by atoms with Crippen LogP contribution in [0.1, 0.15) is 0 Å². The predicted octanol–water partition coefficient (Wildman–Crippen LogP) is 1.23. The molecule has 0 bridgehead atoms. The predicted molar refractivity (Wildman–Crippen MR) is 48.4 cm³/mol. The zero-order valence-electron chi connectivity index (χ0n) is 6.88. The fourth-order valence-electron chi connectivity index (χ4n) is 1.37. The normalized spacial score (nSPS) is 19.6. The molecule has 0 saturated carbocycles. The van der Waals surface area contributed by atoms with E-state index in [4.69, 9.17) is 0 Å². The lowest BCUT2D eigenvalue weighted by molar-refractivity contribution is -0.108. The van der Waals surface area contributed by atoms with Crippen LogP contribution in [0.15, 0.2) is 18.2 Å². The summed E-state index contributed by atoms with van der Waals surface area (Å²) in [5.41, 5.74) is 1.09. The fourth-order valence-corrected chi connectivity index (χ4v) is 1.37. The molecule has 2 rings (SSSR count). The molecule has 68 valence electrons. The Labute approximate surface area is 74.9 Å². The van der Waals surface area contributed by atoms with Gasteiger partial charge in [0.15, 0.2) is 0 Å². The summed E-state index contributed by atoms with van der Waals surface area (Å²) >= 11 is 0. The van der Waals surface area contributed by atoms with Crippen LogP contribution in [0.5, 0.6) is 0 Å². The first-order chi connectivity index (χ1) is 6.31. The minimum atomic E-state index is -0.297. The van der Waals surface area contributed by atoms with Crippen LogP contribution in [0, 0.1) is 5.82 Å². The van der Waals surface area contributed by atoms with E-state index in [1.54, 1.807) is 12.1 Å². The van der Waals surface area contributed by atoms with Gasteiger partial charge in [0.05, 0.1) is 17.4 Å². The van der Waals surface area contributed by atoms with Gasteiger partial charge >= 0.3 is 0 Å². The minimum absolute atomic E-state index is 0.269. The van der Waals surface area contributed by atoms with Crippen molar-refractivity contribution in [3.05, 3.63) is 24.0 Å². The highest BCUT2D eigenvalue weighted by Gasteiger charge is 2.18. The van der Waals surface area contributed by atoms with Gasteiger partial charge in [0.2, 0.25) is 0 Å². The van der Waals surface area contributed by atoms with E-state index in [9.17, 15) is 9.18 Å². The molecular formula is C9H9FN2O. The maximum atomic E-state index is 13.1. The molecule has 1 unspecified atom stereocenters. The number of anilines is 2. The molecule has 1 aromatic rings. The standard InChI is InChI=1S/C9H9FN2O/c10-7-2-1-3-8-9(7)11-4-6(5-13)12-8/h1-3,5-6,11-12H,4H2. The number of aldehydes is 1. The smallest absolute Gasteiger partial charge is 0.148 e. The molecule has 1 aliphatic rings. The molecule has 0 aromatic heterocycles. The van der Waals surface area contributed by atoms with Crippen molar-refractivity contribution in [1.29, 1.82) is 0 Å². The van der Waals surface area contributed by atoms with Crippen molar-refractivity contribution in [1.82, 2.24) is 0 Å². The average Bonchev–Trinajstić information content (AvgIpc) is 2.18. The Morgan fingerprint density at radius 3 is 3.15 bits per heavy atom. The molecule has 1 heterocycles. The van der Waals surface area contributed by atoms with Crippen LogP contribution in [0.2, 0.25) is 0 Å². The molecule has 0 saturated heterocycles. The van der Waals surface area contributed by atoms with Gasteiger partial charge < -0.3 is 15.4 Å². The number of halogens is 1. The van der Waals surface area contributed by atoms with Crippen molar-refractivity contribution in [3.63, 3.8) is 0 Å². The Kier molecular flexibility index (Phi) is 1.88. The molecule has 2 N–H and O–H groups in total. The van der Waals surface area contributed by atoms with E-state index in [-0.39, 0.29) is 11.9 Å². The molecule has 1 aliphatic heterocycles. The van der Waals surface area contributed by atoms with Crippen LogP contribution in [0.25, 0.3) is 0 Å². The summed E-state index contributed by atoms with van der Waals surface area (Å²) in [6, 6.07) is 4.46. The SMILES string of the molecule is O=CC1CNc2c(F)cccc2N1. The molecule has 0 aliphatic carbocycles. The third-order valence-electron chi connectivity index (χ3n) is 2.02. The summed E-state index contributed by atoms with van der Waals surface area (Å²) < 4.78 is 13.1. The first-order valence-corrected chi connectivity index (χ1v) is 4.05. The van der Waals surface area contributed by atoms with Gasteiger partial charge in [-0.2, -0.15) is 0 Å². The molecule has 0 spiro atoms. The minimum Gasteiger partial charge on any atom is -0.378 e. The zero-order chi connectivity index (χ0) is 9.26. The van der Waals surface area contributed by atoms with Gasteiger partial charge in [0, 0.05) is 6.54 Å². The molecule has 1 aromatic carbocycles. The monoisotopic (exact) mass is 180 g/mol. The fraction of sp³-hybridized carbons (Fsp3) is 0.222. The maximum absolute atomic E-state index is 13.1. The number of carbonyl (C=O) groups excluding carboxylic acids is 1. The second-order valence-corrected chi connectivity index (χ2v) is 2.93. The van der Waals surface area contributed by atoms with Crippen LogP contribution in [-0.2, 0) is 4.79 Å². The van der Waals surface area contributed by atoms with Gasteiger partial charge in [-0.25, -0.2) is 4.39 Å². The van der Waals surface area contributed by atoms with Gasteiger partial charge in [-0.15, -0.1) is 0 Å². The Morgan fingerprint density at radius 2 is 2.38 bits per heavy atom. The van der Waals surface area contributed by atoms with E-state index in [1.807, 2.05) is 0 Å². The van der Waals surface area contributed by atoms with Crippen molar-refractivity contribution >= 4 is 17.7 Å². The van der Waals surface area contributed by atoms with Gasteiger partial charge in [0.1, 0.15) is 12.1 Å². The maximum Gasteiger partial charge on any atom is 0.148 e. The molecule has 4 heteroatoms. The summed E-state index contributed by atoms with van der Waals surface area (Å²) in [7, 11) is 0. The number of carbonyl (C=O) groups is 1. The second-order valence-electron chi connectivity index (χ2n) is 2.93.